The van der Waals surface area contributed by atoms with Gasteiger partial charge in [0.05, 0.1) is 6.20 Å². The van der Waals surface area contributed by atoms with Crippen molar-refractivity contribution in [1.29, 1.82) is 0 Å². The molecule has 2 rings (SSSR count). The van der Waals surface area contributed by atoms with Gasteiger partial charge >= 0.3 is 5.97 Å². The molecule has 0 aliphatic heterocycles. The summed E-state index contributed by atoms with van der Waals surface area (Å²) in [7, 11) is 0. The van der Waals surface area contributed by atoms with E-state index in [0.717, 1.165) is 19.3 Å². The summed E-state index contributed by atoms with van der Waals surface area (Å²) < 4.78 is 5.12. The van der Waals surface area contributed by atoms with Crippen molar-refractivity contribution in [2.24, 2.45) is 5.92 Å². The molecule has 114 valence electrons. The summed E-state index contributed by atoms with van der Waals surface area (Å²) in [5.41, 5.74) is 0.100. The van der Waals surface area contributed by atoms with Crippen LogP contribution in [0, 0.1) is 5.92 Å². The molecule has 1 amide bonds. The van der Waals surface area contributed by atoms with Gasteiger partial charge in [-0.15, -0.1) is 0 Å². The van der Waals surface area contributed by atoms with Crippen LogP contribution in [-0.4, -0.2) is 34.0 Å². The van der Waals surface area contributed by atoms with Gasteiger partial charge < -0.3 is 10.1 Å². The number of hydrogen-bond donors (Lipinski definition) is 1. The normalized spacial score (nSPS) is 23.1. The molecule has 1 aromatic heterocycles. The van der Waals surface area contributed by atoms with E-state index in [0.29, 0.717) is 5.92 Å². The second-order valence-corrected chi connectivity index (χ2v) is 5.52. The van der Waals surface area contributed by atoms with Crippen LogP contribution in [0.5, 0.6) is 0 Å². The number of carbonyl (C=O) groups is 2. The molecule has 3 atom stereocenters. The van der Waals surface area contributed by atoms with E-state index in [1.165, 1.54) is 25.0 Å². The average Bonchev–Trinajstić information content (AvgIpc) is 2.50. The zero-order valence-electron chi connectivity index (χ0n) is 12.4. The fourth-order valence-electron chi connectivity index (χ4n) is 2.51. The third kappa shape index (κ3) is 4.24. The van der Waals surface area contributed by atoms with Gasteiger partial charge in [0.1, 0.15) is 0 Å². The maximum absolute atomic E-state index is 12.1. The third-order valence-corrected chi connectivity index (χ3v) is 3.86. The molecule has 1 fully saturated rings. The van der Waals surface area contributed by atoms with E-state index in [1.54, 1.807) is 6.92 Å². The van der Waals surface area contributed by atoms with Gasteiger partial charge in [-0.1, -0.05) is 19.8 Å². The number of nitrogens with one attached hydrogen (secondary N) is 1. The van der Waals surface area contributed by atoms with Crippen LogP contribution in [0.25, 0.3) is 0 Å². The van der Waals surface area contributed by atoms with Crippen molar-refractivity contribution in [2.45, 2.75) is 51.7 Å². The van der Waals surface area contributed by atoms with Crippen LogP contribution in [0.1, 0.15) is 50.0 Å². The van der Waals surface area contributed by atoms with Crippen molar-refractivity contribution >= 4 is 11.9 Å². The molecule has 0 aromatic carbocycles. The second kappa shape index (κ2) is 7.15. The molecule has 0 saturated heterocycles. The van der Waals surface area contributed by atoms with E-state index < -0.39 is 12.1 Å². The van der Waals surface area contributed by atoms with Gasteiger partial charge in [0.15, 0.2) is 11.8 Å². The summed E-state index contributed by atoms with van der Waals surface area (Å²) in [4.78, 5) is 31.6. The Labute approximate surface area is 124 Å². The summed E-state index contributed by atoms with van der Waals surface area (Å²) in [6, 6.07) is 0.170. The smallest absolute Gasteiger partial charge is 0.359 e. The number of rotatable bonds is 4. The monoisotopic (exact) mass is 291 g/mol. The van der Waals surface area contributed by atoms with Crippen LogP contribution in [0.4, 0.5) is 0 Å². The molecule has 6 heteroatoms. The SMILES string of the molecule is C[C@@H](OC(=O)c1cnccn1)C(=O)N[C@H]1CCCC[C@@H]1C. The largest absolute Gasteiger partial charge is 0.448 e. The van der Waals surface area contributed by atoms with Crippen molar-refractivity contribution in [3.05, 3.63) is 24.3 Å². The van der Waals surface area contributed by atoms with Gasteiger partial charge in [-0.2, -0.15) is 0 Å². The molecule has 1 aromatic rings. The molecule has 0 unspecified atom stereocenters. The van der Waals surface area contributed by atoms with E-state index in [2.05, 4.69) is 22.2 Å². The summed E-state index contributed by atoms with van der Waals surface area (Å²) in [6.45, 7) is 3.71. The first-order valence-electron chi connectivity index (χ1n) is 7.35. The lowest BCUT2D eigenvalue weighted by Gasteiger charge is -2.30. The number of amides is 1. The topological polar surface area (TPSA) is 81.2 Å². The number of aromatic nitrogens is 2. The van der Waals surface area contributed by atoms with Crippen LogP contribution < -0.4 is 5.32 Å². The minimum atomic E-state index is -0.839. The molecular weight excluding hydrogens is 270 g/mol. The third-order valence-electron chi connectivity index (χ3n) is 3.86. The Balaban J connectivity index is 1.86. The molecule has 1 saturated carbocycles. The van der Waals surface area contributed by atoms with Gasteiger partial charge in [-0.25, -0.2) is 9.78 Å². The summed E-state index contributed by atoms with van der Waals surface area (Å²) in [5.74, 6) is -0.431. The van der Waals surface area contributed by atoms with Gasteiger partial charge in [0.25, 0.3) is 5.91 Å². The van der Waals surface area contributed by atoms with Gasteiger partial charge in [0, 0.05) is 18.4 Å². The fraction of sp³-hybridized carbons (Fsp3) is 0.600. The van der Waals surface area contributed by atoms with E-state index in [-0.39, 0.29) is 17.6 Å². The highest BCUT2D eigenvalue weighted by Crippen LogP contribution is 2.23. The number of esters is 1. The highest BCUT2D eigenvalue weighted by atomic mass is 16.5. The number of nitrogens with zero attached hydrogens (tertiary/aromatic N) is 2. The Kier molecular flexibility index (Phi) is 5.25. The Hall–Kier alpha value is -1.98. The number of carbonyl (C=O) groups excluding carboxylic acids is 2. The Morgan fingerprint density at radius 2 is 2.10 bits per heavy atom. The van der Waals surface area contributed by atoms with E-state index in [9.17, 15) is 9.59 Å². The molecule has 1 N–H and O–H groups in total. The zero-order chi connectivity index (χ0) is 15.2. The predicted octanol–water partition coefficient (Wildman–Crippen LogP) is 1.72. The van der Waals surface area contributed by atoms with Crippen LogP contribution in [0.3, 0.4) is 0 Å². The van der Waals surface area contributed by atoms with E-state index in [1.807, 2.05) is 0 Å². The molecule has 0 bridgehead atoms. The lowest BCUT2D eigenvalue weighted by atomic mass is 9.86. The molecule has 1 aliphatic rings. The van der Waals surface area contributed by atoms with Crippen molar-refractivity contribution in [1.82, 2.24) is 15.3 Å². The lowest BCUT2D eigenvalue weighted by molar-refractivity contribution is -0.130. The van der Waals surface area contributed by atoms with Crippen LogP contribution in [-0.2, 0) is 9.53 Å². The van der Waals surface area contributed by atoms with Gasteiger partial charge in [-0.3, -0.25) is 9.78 Å². The molecular formula is C15H21N3O3. The number of ether oxygens (including phenoxy) is 1. The molecule has 0 radical (unpaired) electrons. The quantitative estimate of drug-likeness (QED) is 0.854. The van der Waals surface area contributed by atoms with Crippen molar-refractivity contribution < 1.29 is 14.3 Å². The molecule has 0 spiro atoms. The highest BCUT2D eigenvalue weighted by molar-refractivity contribution is 5.90. The average molecular weight is 291 g/mol. The first-order chi connectivity index (χ1) is 10.1. The Morgan fingerprint density at radius 1 is 1.33 bits per heavy atom. The first kappa shape index (κ1) is 15.4. The van der Waals surface area contributed by atoms with Crippen LogP contribution >= 0.6 is 0 Å². The molecule has 21 heavy (non-hydrogen) atoms. The van der Waals surface area contributed by atoms with Crippen molar-refractivity contribution in [3.8, 4) is 0 Å². The predicted molar refractivity (Wildman–Crippen MR) is 76.5 cm³/mol. The molecule has 1 aliphatic carbocycles. The summed E-state index contributed by atoms with van der Waals surface area (Å²) in [6.07, 6.45) is 7.80. The second-order valence-electron chi connectivity index (χ2n) is 5.52. The van der Waals surface area contributed by atoms with E-state index in [4.69, 9.17) is 4.74 Å². The van der Waals surface area contributed by atoms with Crippen LogP contribution in [0.15, 0.2) is 18.6 Å². The fourth-order valence-corrected chi connectivity index (χ4v) is 2.51. The van der Waals surface area contributed by atoms with Crippen molar-refractivity contribution in [3.63, 3.8) is 0 Å². The molecule has 6 nitrogen and oxygen atoms in total. The first-order valence-corrected chi connectivity index (χ1v) is 7.35. The maximum Gasteiger partial charge on any atom is 0.359 e. The Bertz CT molecular complexity index is 492. The summed E-state index contributed by atoms with van der Waals surface area (Å²) >= 11 is 0. The number of hydrogen-bond acceptors (Lipinski definition) is 5. The minimum absolute atomic E-state index is 0.100. The van der Waals surface area contributed by atoms with Gasteiger partial charge in [0.2, 0.25) is 0 Å². The standard InChI is InChI=1S/C15H21N3O3/c1-10-5-3-4-6-12(10)18-14(19)11(2)21-15(20)13-9-16-7-8-17-13/h7-12H,3-6H2,1-2H3,(H,18,19)/t10-,11+,12-/m0/s1. The summed E-state index contributed by atoms with van der Waals surface area (Å²) in [5, 5.41) is 2.97. The van der Waals surface area contributed by atoms with Crippen molar-refractivity contribution in [2.75, 3.05) is 0 Å². The maximum atomic E-state index is 12.1. The van der Waals surface area contributed by atoms with Gasteiger partial charge in [-0.05, 0) is 25.7 Å². The molecule has 1 heterocycles. The lowest BCUT2D eigenvalue weighted by Crippen LogP contribution is -2.46. The minimum Gasteiger partial charge on any atom is -0.448 e. The zero-order valence-corrected chi connectivity index (χ0v) is 12.4. The van der Waals surface area contributed by atoms with E-state index >= 15 is 0 Å². The highest BCUT2D eigenvalue weighted by Gasteiger charge is 2.26. The Morgan fingerprint density at radius 3 is 2.76 bits per heavy atom. The van der Waals surface area contributed by atoms with Crippen LogP contribution in [0.2, 0.25) is 0 Å².